The molecule has 0 bridgehead atoms. The maximum absolute atomic E-state index is 5.46. The van der Waals surface area contributed by atoms with Gasteiger partial charge in [0.15, 0.2) is 10.4 Å². The minimum atomic E-state index is 0.0380. The molecular weight excluding hydrogens is 248 g/mol. The van der Waals surface area contributed by atoms with Crippen LogP contribution in [0.15, 0.2) is 22.8 Å². The monoisotopic (exact) mass is 262 g/mol. The highest BCUT2D eigenvalue weighted by Crippen LogP contribution is 2.25. The first-order valence-corrected chi connectivity index (χ1v) is 6.17. The largest absolute Gasteiger partial charge is 0.467 e. The molecule has 5 nitrogen and oxygen atoms in total. The summed E-state index contributed by atoms with van der Waals surface area (Å²) < 4.78 is 10.0. The maximum Gasteiger partial charge on any atom is 0.180 e. The third kappa shape index (κ3) is 1.45. The van der Waals surface area contributed by atoms with Crippen LogP contribution in [-0.4, -0.2) is 19.3 Å². The number of rotatable bonds is 2. The molecular formula is C12H14N4OS. The van der Waals surface area contributed by atoms with Crippen LogP contribution in [0.1, 0.15) is 24.4 Å². The lowest BCUT2D eigenvalue weighted by Crippen LogP contribution is -2.09. The van der Waals surface area contributed by atoms with E-state index in [0.717, 1.165) is 22.6 Å². The second-order valence-corrected chi connectivity index (χ2v) is 4.79. The SMILES string of the molecule is Cc1nn(C)c2c1[nH]c(=S)n2C(C)c1ccco1. The summed E-state index contributed by atoms with van der Waals surface area (Å²) in [5.41, 5.74) is 2.92. The van der Waals surface area contributed by atoms with E-state index < -0.39 is 0 Å². The summed E-state index contributed by atoms with van der Waals surface area (Å²) in [5.74, 6) is 0.880. The summed E-state index contributed by atoms with van der Waals surface area (Å²) in [6, 6.07) is 3.87. The molecule has 94 valence electrons. The lowest BCUT2D eigenvalue weighted by atomic mass is 10.2. The number of H-pyrrole nitrogens is 1. The van der Waals surface area contributed by atoms with Gasteiger partial charge >= 0.3 is 0 Å². The molecule has 18 heavy (non-hydrogen) atoms. The topological polar surface area (TPSA) is 51.7 Å². The van der Waals surface area contributed by atoms with Gasteiger partial charge in [0.1, 0.15) is 11.3 Å². The first-order chi connectivity index (χ1) is 8.59. The first-order valence-electron chi connectivity index (χ1n) is 5.77. The fourth-order valence-corrected chi connectivity index (χ4v) is 2.69. The van der Waals surface area contributed by atoms with Gasteiger partial charge in [0, 0.05) is 7.05 Å². The molecule has 0 saturated carbocycles. The molecule has 0 amide bonds. The van der Waals surface area contributed by atoms with Crippen molar-refractivity contribution in [2.45, 2.75) is 19.9 Å². The predicted octanol–water partition coefficient (Wildman–Crippen LogP) is 2.94. The summed E-state index contributed by atoms with van der Waals surface area (Å²) in [5, 5.41) is 4.40. The highest BCUT2D eigenvalue weighted by molar-refractivity contribution is 7.71. The van der Waals surface area contributed by atoms with E-state index in [9.17, 15) is 0 Å². The van der Waals surface area contributed by atoms with Crippen LogP contribution in [0.3, 0.4) is 0 Å². The summed E-state index contributed by atoms with van der Waals surface area (Å²) in [6.45, 7) is 4.03. The number of nitrogens with one attached hydrogen (secondary N) is 1. The molecule has 0 spiro atoms. The standard InChI is InChI=1S/C12H14N4OS/c1-7-10-11(15(3)14-7)16(12(18)13-10)8(2)9-5-4-6-17-9/h4-6,8H,1-3H3,(H,13,18). The maximum atomic E-state index is 5.46. The van der Waals surface area contributed by atoms with E-state index in [0.29, 0.717) is 4.77 Å². The van der Waals surface area contributed by atoms with Gasteiger partial charge in [0.25, 0.3) is 0 Å². The van der Waals surface area contributed by atoms with Gasteiger partial charge in [-0.2, -0.15) is 5.10 Å². The van der Waals surface area contributed by atoms with Gasteiger partial charge in [-0.1, -0.05) is 0 Å². The second-order valence-electron chi connectivity index (χ2n) is 4.40. The van der Waals surface area contributed by atoms with E-state index in [4.69, 9.17) is 16.6 Å². The Bertz CT molecular complexity index is 747. The molecule has 1 atom stereocenters. The summed E-state index contributed by atoms with van der Waals surface area (Å²) in [4.78, 5) is 3.21. The molecule has 6 heteroatoms. The fraction of sp³-hybridized carbons (Fsp3) is 0.333. The van der Waals surface area contributed by atoms with Gasteiger partial charge in [-0.3, -0.25) is 9.25 Å². The second kappa shape index (κ2) is 3.84. The molecule has 3 rings (SSSR count). The van der Waals surface area contributed by atoms with Crippen molar-refractivity contribution in [3.8, 4) is 0 Å². The average molecular weight is 262 g/mol. The molecule has 0 aliphatic heterocycles. The number of furan rings is 1. The smallest absolute Gasteiger partial charge is 0.180 e. The molecule has 0 radical (unpaired) electrons. The van der Waals surface area contributed by atoms with Crippen molar-refractivity contribution >= 4 is 23.4 Å². The van der Waals surface area contributed by atoms with Crippen LogP contribution in [0.25, 0.3) is 11.2 Å². The van der Waals surface area contributed by atoms with Crippen LogP contribution in [-0.2, 0) is 7.05 Å². The number of imidazole rings is 1. The molecule has 0 aliphatic rings. The summed E-state index contributed by atoms with van der Waals surface area (Å²) in [6.07, 6.45) is 1.67. The van der Waals surface area contributed by atoms with E-state index >= 15 is 0 Å². The van der Waals surface area contributed by atoms with Crippen LogP contribution in [0.4, 0.5) is 0 Å². The average Bonchev–Trinajstić information content (AvgIpc) is 2.98. The minimum absolute atomic E-state index is 0.0380. The Kier molecular flexibility index (Phi) is 2.41. The molecule has 0 fully saturated rings. The van der Waals surface area contributed by atoms with Crippen LogP contribution in [0.5, 0.6) is 0 Å². The molecule has 1 N–H and O–H groups in total. The minimum Gasteiger partial charge on any atom is -0.467 e. The van der Waals surface area contributed by atoms with Crippen LogP contribution < -0.4 is 0 Å². The number of hydrogen-bond donors (Lipinski definition) is 1. The van der Waals surface area contributed by atoms with Gasteiger partial charge in [-0.05, 0) is 38.2 Å². The summed E-state index contributed by atoms with van der Waals surface area (Å²) in [7, 11) is 1.92. The van der Waals surface area contributed by atoms with Gasteiger partial charge in [0.05, 0.1) is 18.0 Å². The molecule has 3 aromatic rings. The van der Waals surface area contributed by atoms with E-state index in [1.165, 1.54) is 0 Å². The molecule has 0 aromatic carbocycles. The summed E-state index contributed by atoms with van der Waals surface area (Å²) >= 11 is 5.40. The zero-order chi connectivity index (χ0) is 12.9. The van der Waals surface area contributed by atoms with Crippen molar-refractivity contribution < 1.29 is 4.42 Å². The number of fused-ring (bicyclic) bond motifs is 1. The van der Waals surface area contributed by atoms with Crippen molar-refractivity contribution in [3.63, 3.8) is 0 Å². The van der Waals surface area contributed by atoms with Crippen molar-refractivity contribution in [1.29, 1.82) is 0 Å². The quantitative estimate of drug-likeness (QED) is 0.722. The number of aryl methyl sites for hydroxylation is 2. The Morgan fingerprint density at radius 2 is 2.28 bits per heavy atom. The predicted molar refractivity (Wildman–Crippen MR) is 71.1 cm³/mol. The lowest BCUT2D eigenvalue weighted by molar-refractivity contribution is 0.445. The Hall–Kier alpha value is -1.82. The number of aromatic nitrogens is 4. The highest BCUT2D eigenvalue weighted by Gasteiger charge is 2.19. The Morgan fingerprint density at radius 1 is 1.50 bits per heavy atom. The lowest BCUT2D eigenvalue weighted by Gasteiger charge is -2.11. The zero-order valence-corrected chi connectivity index (χ0v) is 11.3. The van der Waals surface area contributed by atoms with Gasteiger partial charge < -0.3 is 9.40 Å². The van der Waals surface area contributed by atoms with Crippen LogP contribution in [0, 0.1) is 11.7 Å². The Labute approximate surface area is 109 Å². The van der Waals surface area contributed by atoms with E-state index in [1.807, 2.05) is 35.4 Å². The zero-order valence-electron chi connectivity index (χ0n) is 10.5. The van der Waals surface area contributed by atoms with Gasteiger partial charge in [0.2, 0.25) is 0 Å². The van der Waals surface area contributed by atoms with E-state index in [-0.39, 0.29) is 6.04 Å². The fourth-order valence-electron chi connectivity index (χ4n) is 2.35. The van der Waals surface area contributed by atoms with Crippen molar-refractivity contribution in [2.24, 2.45) is 7.05 Å². The van der Waals surface area contributed by atoms with Crippen molar-refractivity contribution in [2.75, 3.05) is 0 Å². The van der Waals surface area contributed by atoms with Crippen molar-refractivity contribution in [1.82, 2.24) is 19.3 Å². The molecule has 1 unspecified atom stereocenters. The molecule has 3 aromatic heterocycles. The van der Waals surface area contributed by atoms with Crippen molar-refractivity contribution in [3.05, 3.63) is 34.6 Å². The highest BCUT2D eigenvalue weighted by atomic mass is 32.1. The molecule has 0 saturated heterocycles. The van der Waals surface area contributed by atoms with Gasteiger partial charge in [-0.25, -0.2) is 0 Å². The van der Waals surface area contributed by atoms with E-state index in [1.54, 1.807) is 6.26 Å². The third-order valence-corrected chi connectivity index (χ3v) is 3.51. The number of nitrogens with zero attached hydrogens (tertiary/aromatic N) is 3. The molecule has 3 heterocycles. The first kappa shape index (κ1) is 11.3. The number of hydrogen-bond acceptors (Lipinski definition) is 3. The van der Waals surface area contributed by atoms with Crippen LogP contribution >= 0.6 is 12.2 Å². The Balaban J connectivity index is 2.29. The van der Waals surface area contributed by atoms with Crippen LogP contribution in [0.2, 0.25) is 0 Å². The number of aromatic amines is 1. The van der Waals surface area contributed by atoms with Gasteiger partial charge in [-0.15, -0.1) is 0 Å². The Morgan fingerprint density at radius 3 is 2.94 bits per heavy atom. The molecule has 0 aliphatic carbocycles. The normalized spacial score (nSPS) is 13.3. The van der Waals surface area contributed by atoms with E-state index in [2.05, 4.69) is 17.0 Å². The third-order valence-electron chi connectivity index (χ3n) is 3.21.